The van der Waals surface area contributed by atoms with Gasteiger partial charge in [0.25, 0.3) is 0 Å². The minimum Gasteiger partial charge on any atom is -0.377 e. The number of halogens is 2. The average molecular weight is 339 g/mol. The molecule has 0 saturated carbocycles. The lowest BCUT2D eigenvalue weighted by molar-refractivity contribution is 0.0954. The second-order valence-corrected chi connectivity index (χ2v) is 5.73. The molecule has 6 nitrogen and oxygen atoms in total. The van der Waals surface area contributed by atoms with Crippen LogP contribution >= 0.6 is 0 Å². The van der Waals surface area contributed by atoms with Crippen molar-refractivity contribution in [3.63, 3.8) is 0 Å². The quantitative estimate of drug-likeness (QED) is 0.873. The average Bonchev–Trinajstić information content (AvgIpc) is 3.20. The summed E-state index contributed by atoms with van der Waals surface area (Å²) in [5, 5.41) is 7.18. The number of aromatic nitrogens is 2. The van der Waals surface area contributed by atoms with Crippen molar-refractivity contribution in [1.29, 1.82) is 0 Å². The highest BCUT2D eigenvalue weighted by molar-refractivity contribution is 5.22. The van der Waals surface area contributed by atoms with Gasteiger partial charge < -0.3 is 19.3 Å². The van der Waals surface area contributed by atoms with E-state index in [1.807, 2.05) is 6.92 Å². The van der Waals surface area contributed by atoms with Crippen LogP contribution in [-0.4, -0.2) is 29.9 Å². The number of nitrogens with zero attached hydrogens (tertiary/aromatic N) is 2. The van der Waals surface area contributed by atoms with Crippen molar-refractivity contribution in [2.24, 2.45) is 0 Å². The molecule has 3 rings (SSSR count). The first kappa shape index (κ1) is 16.9. The van der Waals surface area contributed by atoms with Crippen LogP contribution in [0.3, 0.4) is 0 Å². The second kappa shape index (κ2) is 7.33. The fourth-order valence-electron chi connectivity index (χ4n) is 2.80. The van der Waals surface area contributed by atoms with Crippen LogP contribution < -0.4 is 5.32 Å². The van der Waals surface area contributed by atoms with Crippen LogP contribution in [0, 0.1) is 11.6 Å². The van der Waals surface area contributed by atoms with Gasteiger partial charge >= 0.3 is 0 Å². The highest BCUT2D eigenvalue weighted by Crippen LogP contribution is 2.31. The summed E-state index contributed by atoms with van der Waals surface area (Å²) in [5.41, 5.74) is 0.599. The van der Waals surface area contributed by atoms with Crippen molar-refractivity contribution in [2.75, 3.05) is 13.7 Å². The number of hydrogen-bond donors (Lipinski definition) is 1. The van der Waals surface area contributed by atoms with Gasteiger partial charge in [0.15, 0.2) is 17.5 Å². The molecule has 2 aromatic rings. The molecule has 1 saturated heterocycles. The molecule has 24 heavy (non-hydrogen) atoms. The summed E-state index contributed by atoms with van der Waals surface area (Å²) in [4.78, 5) is 4.25. The van der Waals surface area contributed by atoms with Crippen LogP contribution in [-0.2, 0) is 16.1 Å². The summed E-state index contributed by atoms with van der Waals surface area (Å²) < 4.78 is 42.4. The fourth-order valence-corrected chi connectivity index (χ4v) is 2.80. The van der Waals surface area contributed by atoms with Gasteiger partial charge in [0, 0.05) is 19.8 Å². The zero-order valence-corrected chi connectivity index (χ0v) is 13.5. The summed E-state index contributed by atoms with van der Waals surface area (Å²) in [6.45, 7) is 2.71. The van der Waals surface area contributed by atoms with Gasteiger partial charge in [-0.1, -0.05) is 11.2 Å². The standard InChI is InChI=1S/C16H19F2N3O3/c1-9(16-20-14(8-22-2)21-24-16)19-13-5-6-23-15(13)10-3-4-11(17)12(18)7-10/h3-4,7,9,13,15,19H,5-6,8H2,1-2H3. The Hall–Kier alpha value is -1.90. The lowest BCUT2D eigenvalue weighted by Gasteiger charge is -2.22. The first-order chi connectivity index (χ1) is 11.6. The molecular weight excluding hydrogens is 320 g/mol. The van der Waals surface area contributed by atoms with Crippen molar-refractivity contribution < 1.29 is 22.8 Å². The number of methoxy groups -OCH3 is 1. The van der Waals surface area contributed by atoms with E-state index in [0.29, 0.717) is 23.9 Å². The Balaban J connectivity index is 1.69. The molecule has 1 aliphatic rings. The van der Waals surface area contributed by atoms with E-state index in [1.54, 1.807) is 7.11 Å². The largest absolute Gasteiger partial charge is 0.377 e. The van der Waals surface area contributed by atoms with Gasteiger partial charge in [0.1, 0.15) is 6.61 Å². The SMILES string of the molecule is COCc1noc(C(C)NC2CCOC2c2ccc(F)c(F)c2)n1. The third-order valence-corrected chi connectivity index (χ3v) is 3.96. The number of benzene rings is 1. The van der Waals surface area contributed by atoms with Crippen LogP contribution in [0.25, 0.3) is 0 Å². The van der Waals surface area contributed by atoms with E-state index >= 15 is 0 Å². The number of rotatable bonds is 6. The van der Waals surface area contributed by atoms with E-state index in [0.717, 1.165) is 12.5 Å². The van der Waals surface area contributed by atoms with Gasteiger partial charge in [-0.05, 0) is 31.0 Å². The van der Waals surface area contributed by atoms with Gasteiger partial charge in [0.05, 0.1) is 12.1 Å². The van der Waals surface area contributed by atoms with Crippen molar-refractivity contribution in [2.45, 2.75) is 38.1 Å². The third kappa shape index (κ3) is 3.61. The zero-order valence-electron chi connectivity index (χ0n) is 13.5. The Bertz CT molecular complexity index is 695. The van der Waals surface area contributed by atoms with E-state index in [2.05, 4.69) is 15.5 Å². The van der Waals surface area contributed by atoms with Crippen LogP contribution in [0.1, 0.15) is 42.8 Å². The predicted molar refractivity (Wildman–Crippen MR) is 80.0 cm³/mol. The summed E-state index contributed by atoms with van der Waals surface area (Å²) >= 11 is 0. The molecule has 1 aromatic carbocycles. The lowest BCUT2D eigenvalue weighted by atomic mass is 10.0. The maximum atomic E-state index is 13.5. The molecule has 1 fully saturated rings. The predicted octanol–water partition coefficient (Wildman–Crippen LogP) is 2.68. The van der Waals surface area contributed by atoms with Gasteiger partial charge in [0.2, 0.25) is 5.89 Å². The Kier molecular flexibility index (Phi) is 5.17. The van der Waals surface area contributed by atoms with Crippen LogP contribution in [0.15, 0.2) is 22.7 Å². The molecule has 0 bridgehead atoms. The molecule has 8 heteroatoms. The minimum atomic E-state index is -0.879. The molecule has 0 amide bonds. The van der Waals surface area contributed by atoms with Gasteiger partial charge in [-0.15, -0.1) is 0 Å². The van der Waals surface area contributed by atoms with Crippen molar-refractivity contribution in [1.82, 2.24) is 15.5 Å². The number of hydrogen-bond acceptors (Lipinski definition) is 6. The van der Waals surface area contributed by atoms with E-state index in [9.17, 15) is 8.78 Å². The summed E-state index contributed by atoms with van der Waals surface area (Å²) in [6, 6.07) is 3.55. The molecule has 0 radical (unpaired) electrons. The Labute approximate surface area is 138 Å². The molecule has 1 N–H and O–H groups in total. The van der Waals surface area contributed by atoms with Crippen molar-refractivity contribution >= 4 is 0 Å². The number of ether oxygens (including phenoxy) is 2. The van der Waals surface area contributed by atoms with Crippen LogP contribution in [0.2, 0.25) is 0 Å². The smallest absolute Gasteiger partial charge is 0.243 e. The highest BCUT2D eigenvalue weighted by atomic mass is 19.2. The Morgan fingerprint density at radius 1 is 1.38 bits per heavy atom. The van der Waals surface area contributed by atoms with Gasteiger partial charge in [-0.2, -0.15) is 4.98 Å². The molecular formula is C16H19F2N3O3. The molecule has 3 unspecified atom stereocenters. The topological polar surface area (TPSA) is 69.4 Å². The van der Waals surface area contributed by atoms with E-state index < -0.39 is 11.6 Å². The van der Waals surface area contributed by atoms with E-state index in [4.69, 9.17) is 14.0 Å². The van der Waals surface area contributed by atoms with Crippen molar-refractivity contribution in [3.05, 3.63) is 47.1 Å². The van der Waals surface area contributed by atoms with E-state index in [-0.39, 0.29) is 24.8 Å². The first-order valence-electron chi connectivity index (χ1n) is 7.72. The monoisotopic (exact) mass is 339 g/mol. The van der Waals surface area contributed by atoms with Crippen LogP contribution in [0.5, 0.6) is 0 Å². The normalized spacial score (nSPS) is 22.0. The Morgan fingerprint density at radius 2 is 2.21 bits per heavy atom. The zero-order chi connectivity index (χ0) is 17.1. The third-order valence-electron chi connectivity index (χ3n) is 3.96. The first-order valence-corrected chi connectivity index (χ1v) is 7.72. The maximum Gasteiger partial charge on any atom is 0.243 e. The lowest BCUT2D eigenvalue weighted by Crippen LogP contribution is -2.34. The van der Waals surface area contributed by atoms with Gasteiger partial charge in [-0.25, -0.2) is 8.78 Å². The molecule has 2 heterocycles. The summed E-state index contributed by atoms with van der Waals surface area (Å²) in [5.74, 6) is -0.832. The molecule has 0 spiro atoms. The van der Waals surface area contributed by atoms with Crippen molar-refractivity contribution in [3.8, 4) is 0 Å². The molecule has 0 aliphatic carbocycles. The molecule has 1 aliphatic heterocycles. The number of nitrogens with one attached hydrogen (secondary N) is 1. The highest BCUT2D eigenvalue weighted by Gasteiger charge is 2.32. The molecule has 130 valence electrons. The van der Waals surface area contributed by atoms with E-state index in [1.165, 1.54) is 12.1 Å². The Morgan fingerprint density at radius 3 is 2.96 bits per heavy atom. The maximum absolute atomic E-state index is 13.5. The molecule has 3 atom stereocenters. The second-order valence-electron chi connectivity index (χ2n) is 5.73. The molecule has 1 aromatic heterocycles. The summed E-state index contributed by atoms with van der Waals surface area (Å²) in [7, 11) is 1.56. The minimum absolute atomic E-state index is 0.0670. The fraction of sp³-hybridized carbons (Fsp3) is 0.500. The summed E-state index contributed by atoms with van der Waals surface area (Å²) in [6.07, 6.45) is 0.386. The van der Waals surface area contributed by atoms with Crippen LogP contribution in [0.4, 0.5) is 8.78 Å². The van der Waals surface area contributed by atoms with Gasteiger partial charge in [-0.3, -0.25) is 0 Å².